The molecule has 1 aromatic carbocycles. The van der Waals surface area contributed by atoms with Crippen molar-refractivity contribution in [3.63, 3.8) is 0 Å². The van der Waals surface area contributed by atoms with Crippen LogP contribution in [0.2, 0.25) is 0 Å². The van der Waals surface area contributed by atoms with Gasteiger partial charge in [0, 0.05) is 42.3 Å². The predicted molar refractivity (Wildman–Crippen MR) is 125 cm³/mol. The maximum Gasteiger partial charge on any atom is 0.293 e. The molecule has 2 saturated heterocycles. The Labute approximate surface area is 187 Å². The van der Waals surface area contributed by atoms with Gasteiger partial charge in [0.05, 0.1) is 4.91 Å². The van der Waals surface area contributed by atoms with E-state index in [9.17, 15) is 14.4 Å². The molecule has 2 fully saturated rings. The van der Waals surface area contributed by atoms with Gasteiger partial charge >= 0.3 is 0 Å². The van der Waals surface area contributed by atoms with Gasteiger partial charge in [-0.05, 0) is 43.2 Å². The van der Waals surface area contributed by atoms with Gasteiger partial charge < -0.3 is 9.47 Å². The van der Waals surface area contributed by atoms with Crippen LogP contribution >= 0.6 is 11.8 Å². The number of unbranched alkanes of at least 4 members (excludes halogenated alkanes) is 1. The number of carbonyl (C=O) groups excluding carboxylic acids is 3. The molecule has 6 nitrogen and oxygen atoms in total. The fourth-order valence-corrected chi connectivity index (χ4v) is 5.09. The summed E-state index contributed by atoms with van der Waals surface area (Å²) >= 11 is 0.998. The fraction of sp³-hybridized carbons (Fsp3) is 0.458. The second-order valence-electron chi connectivity index (χ2n) is 8.21. The number of benzene rings is 1. The Hall–Kier alpha value is -2.54. The van der Waals surface area contributed by atoms with Crippen molar-refractivity contribution in [3.8, 4) is 0 Å². The van der Waals surface area contributed by atoms with E-state index in [1.165, 1.54) is 17.7 Å². The normalized spacial score (nSPS) is 18.9. The number of rotatable bonds is 6. The number of likely N-dealkylation sites (tertiary alicyclic amines) is 1. The Morgan fingerprint density at radius 2 is 1.84 bits per heavy atom. The Morgan fingerprint density at radius 3 is 2.58 bits per heavy atom. The van der Waals surface area contributed by atoms with Crippen LogP contribution in [0, 0.1) is 0 Å². The molecule has 1 aromatic heterocycles. The molecule has 3 amide bonds. The van der Waals surface area contributed by atoms with Gasteiger partial charge in [0.15, 0.2) is 0 Å². The number of hydrogen-bond acceptors (Lipinski definition) is 4. The third-order valence-electron chi connectivity index (χ3n) is 5.98. The third-order valence-corrected chi connectivity index (χ3v) is 6.89. The monoisotopic (exact) mass is 439 g/mol. The number of aromatic nitrogens is 1. The van der Waals surface area contributed by atoms with Crippen LogP contribution < -0.4 is 0 Å². The smallest absolute Gasteiger partial charge is 0.293 e. The SMILES string of the molecule is CCCCN1C(=O)S/C(=C\c2cn(CC(=O)N3CCCCCC3)c3ccccc23)C1=O. The summed E-state index contributed by atoms with van der Waals surface area (Å²) in [7, 11) is 0. The quantitative estimate of drug-likeness (QED) is 0.602. The van der Waals surface area contributed by atoms with Crippen LogP contribution in [0.25, 0.3) is 17.0 Å². The van der Waals surface area contributed by atoms with Crippen molar-refractivity contribution in [1.82, 2.24) is 14.4 Å². The highest BCUT2D eigenvalue weighted by Gasteiger charge is 2.34. The Bertz CT molecular complexity index is 1020. The summed E-state index contributed by atoms with van der Waals surface area (Å²) in [4.78, 5) is 41.7. The molecule has 2 aliphatic heterocycles. The van der Waals surface area contributed by atoms with Gasteiger partial charge in [-0.1, -0.05) is 44.4 Å². The van der Waals surface area contributed by atoms with E-state index in [-0.39, 0.29) is 23.6 Å². The third kappa shape index (κ3) is 4.71. The highest BCUT2D eigenvalue weighted by atomic mass is 32.2. The van der Waals surface area contributed by atoms with Crippen LogP contribution in [0.1, 0.15) is 51.0 Å². The van der Waals surface area contributed by atoms with Gasteiger partial charge in [-0.25, -0.2) is 0 Å². The minimum atomic E-state index is -0.221. The van der Waals surface area contributed by atoms with Gasteiger partial charge in [-0.3, -0.25) is 19.3 Å². The van der Waals surface area contributed by atoms with Gasteiger partial charge in [0.2, 0.25) is 5.91 Å². The molecule has 0 aliphatic carbocycles. The summed E-state index contributed by atoms with van der Waals surface area (Å²) in [6.07, 6.45) is 9.98. The zero-order valence-corrected chi connectivity index (χ0v) is 18.8. The second kappa shape index (κ2) is 9.73. The van der Waals surface area contributed by atoms with Crippen LogP contribution in [0.5, 0.6) is 0 Å². The first-order valence-corrected chi connectivity index (χ1v) is 12.0. The van der Waals surface area contributed by atoms with Gasteiger partial charge in [0.25, 0.3) is 11.1 Å². The van der Waals surface area contributed by atoms with Crippen LogP contribution in [0.15, 0.2) is 35.4 Å². The van der Waals surface area contributed by atoms with Crippen molar-refractivity contribution in [2.75, 3.05) is 19.6 Å². The number of nitrogens with zero attached hydrogens (tertiary/aromatic N) is 3. The van der Waals surface area contributed by atoms with E-state index in [0.717, 1.165) is 67.0 Å². The van der Waals surface area contributed by atoms with E-state index >= 15 is 0 Å². The maximum absolute atomic E-state index is 12.9. The summed E-state index contributed by atoms with van der Waals surface area (Å²) in [5.41, 5.74) is 1.82. The lowest BCUT2D eigenvalue weighted by Crippen LogP contribution is -2.34. The molecule has 0 radical (unpaired) electrons. The zero-order valence-electron chi connectivity index (χ0n) is 18.0. The Morgan fingerprint density at radius 1 is 1.10 bits per heavy atom. The molecule has 0 atom stereocenters. The zero-order chi connectivity index (χ0) is 21.8. The number of amides is 3. The summed E-state index contributed by atoms with van der Waals surface area (Å²) in [5.74, 6) is -0.0879. The van der Waals surface area contributed by atoms with E-state index < -0.39 is 0 Å². The van der Waals surface area contributed by atoms with Crippen LogP contribution in [-0.4, -0.2) is 51.1 Å². The molecule has 2 aliphatic rings. The molecule has 0 saturated carbocycles. The van der Waals surface area contributed by atoms with Crippen molar-refractivity contribution in [2.24, 2.45) is 0 Å². The first kappa shape index (κ1) is 21.7. The minimum absolute atomic E-state index is 0.133. The Balaban J connectivity index is 1.60. The molecule has 3 heterocycles. The first-order valence-electron chi connectivity index (χ1n) is 11.2. The number of carbonyl (C=O) groups is 3. The number of imide groups is 1. The van der Waals surface area contributed by atoms with Crippen LogP contribution in [-0.2, 0) is 16.1 Å². The van der Waals surface area contributed by atoms with E-state index in [1.807, 2.05) is 46.9 Å². The summed E-state index contributed by atoms with van der Waals surface area (Å²) < 4.78 is 1.97. The minimum Gasteiger partial charge on any atom is -0.341 e. The average Bonchev–Trinajstić information content (AvgIpc) is 3.08. The highest BCUT2D eigenvalue weighted by molar-refractivity contribution is 8.18. The number of para-hydroxylation sites is 1. The van der Waals surface area contributed by atoms with Gasteiger partial charge in [-0.15, -0.1) is 0 Å². The lowest BCUT2D eigenvalue weighted by atomic mass is 10.1. The molecule has 164 valence electrons. The lowest BCUT2D eigenvalue weighted by Gasteiger charge is -2.20. The summed E-state index contributed by atoms with van der Waals surface area (Å²) in [5, 5.41) is 0.774. The predicted octanol–water partition coefficient (Wildman–Crippen LogP) is 4.88. The number of fused-ring (bicyclic) bond motifs is 1. The average molecular weight is 440 g/mol. The molecular formula is C24H29N3O3S. The van der Waals surface area contributed by atoms with E-state index in [1.54, 1.807) is 6.08 Å². The molecule has 0 N–H and O–H groups in total. The van der Waals surface area contributed by atoms with Gasteiger partial charge in [0.1, 0.15) is 6.54 Å². The molecule has 0 unspecified atom stereocenters. The highest BCUT2D eigenvalue weighted by Crippen LogP contribution is 2.34. The fourth-order valence-electron chi connectivity index (χ4n) is 4.24. The second-order valence-corrected chi connectivity index (χ2v) is 9.20. The topological polar surface area (TPSA) is 62.6 Å². The van der Waals surface area contributed by atoms with Crippen LogP contribution in [0.3, 0.4) is 0 Å². The maximum atomic E-state index is 12.9. The van der Waals surface area contributed by atoms with Crippen molar-refractivity contribution >= 4 is 45.8 Å². The first-order chi connectivity index (χ1) is 15.1. The molecule has 31 heavy (non-hydrogen) atoms. The summed E-state index contributed by atoms with van der Waals surface area (Å²) in [6, 6.07) is 7.90. The molecular weight excluding hydrogens is 410 g/mol. The van der Waals surface area contributed by atoms with E-state index in [2.05, 4.69) is 0 Å². The summed E-state index contributed by atoms with van der Waals surface area (Å²) in [6.45, 7) is 4.44. The van der Waals surface area contributed by atoms with E-state index in [4.69, 9.17) is 0 Å². The van der Waals surface area contributed by atoms with Crippen LogP contribution in [0.4, 0.5) is 4.79 Å². The molecule has 7 heteroatoms. The van der Waals surface area contributed by atoms with Crippen molar-refractivity contribution in [3.05, 3.63) is 40.9 Å². The molecule has 0 spiro atoms. The molecule has 4 rings (SSSR count). The van der Waals surface area contributed by atoms with Crippen molar-refractivity contribution in [1.29, 1.82) is 0 Å². The Kier molecular flexibility index (Phi) is 6.80. The largest absolute Gasteiger partial charge is 0.341 e. The van der Waals surface area contributed by atoms with Crippen molar-refractivity contribution in [2.45, 2.75) is 52.0 Å². The standard InChI is InChI=1S/C24H29N3O3S/c1-2-3-14-27-23(29)21(31-24(27)30)15-18-16-26(20-11-7-6-10-19(18)20)17-22(28)25-12-8-4-5-9-13-25/h6-7,10-11,15-16H,2-5,8-9,12-14,17H2,1H3/b21-15-. The lowest BCUT2D eigenvalue weighted by molar-refractivity contribution is -0.131. The molecule has 0 bridgehead atoms. The number of hydrogen-bond donors (Lipinski definition) is 0. The molecule has 2 aromatic rings. The number of thioether (sulfide) groups is 1. The van der Waals surface area contributed by atoms with Gasteiger partial charge in [-0.2, -0.15) is 0 Å². The van der Waals surface area contributed by atoms with Crippen molar-refractivity contribution < 1.29 is 14.4 Å². The van der Waals surface area contributed by atoms with E-state index in [0.29, 0.717) is 11.4 Å².